The highest BCUT2D eigenvalue weighted by Crippen LogP contribution is 2.48. The molecule has 1 saturated heterocycles. The van der Waals surface area contributed by atoms with Gasteiger partial charge in [-0.3, -0.25) is 4.90 Å². The van der Waals surface area contributed by atoms with E-state index in [0.717, 1.165) is 6.61 Å². The summed E-state index contributed by atoms with van der Waals surface area (Å²) in [5, 5.41) is 3.92. The summed E-state index contributed by atoms with van der Waals surface area (Å²) in [6.07, 6.45) is 8.52. The molecule has 0 radical (unpaired) electrons. The molecule has 0 aromatic carbocycles. The van der Waals surface area contributed by atoms with Gasteiger partial charge in [0.25, 0.3) is 0 Å². The molecule has 3 fully saturated rings. The van der Waals surface area contributed by atoms with Gasteiger partial charge in [-0.1, -0.05) is 33.6 Å². The van der Waals surface area contributed by atoms with E-state index in [-0.39, 0.29) is 0 Å². The zero-order valence-electron chi connectivity index (χ0n) is 14.5. The maximum absolute atomic E-state index is 5.96. The van der Waals surface area contributed by atoms with E-state index >= 15 is 0 Å². The van der Waals surface area contributed by atoms with Crippen LogP contribution in [0.5, 0.6) is 0 Å². The molecule has 0 bridgehead atoms. The monoisotopic (exact) mass is 294 g/mol. The SMILES string of the molecule is CCOC1CC(N2CC3(CCCC3)NCC2CC)C1(C)C. The van der Waals surface area contributed by atoms with Gasteiger partial charge in [0, 0.05) is 42.7 Å². The molecule has 0 amide bonds. The number of hydrogen-bond donors (Lipinski definition) is 1. The molecule has 122 valence electrons. The fourth-order valence-corrected chi connectivity index (χ4v) is 5.03. The van der Waals surface area contributed by atoms with Gasteiger partial charge in [-0.05, 0) is 32.6 Å². The highest BCUT2D eigenvalue weighted by molar-refractivity contribution is 5.10. The number of nitrogens with one attached hydrogen (secondary N) is 1. The molecule has 3 unspecified atom stereocenters. The summed E-state index contributed by atoms with van der Waals surface area (Å²) in [5.41, 5.74) is 0.735. The number of rotatable bonds is 4. The van der Waals surface area contributed by atoms with Crippen molar-refractivity contribution in [3.8, 4) is 0 Å². The molecule has 3 heteroatoms. The molecule has 0 aromatic heterocycles. The Kier molecular flexibility index (Phi) is 4.37. The van der Waals surface area contributed by atoms with Crippen LogP contribution in [-0.4, -0.2) is 48.3 Å². The lowest BCUT2D eigenvalue weighted by molar-refractivity contribution is -0.167. The standard InChI is InChI=1S/C18H34N2O/c1-5-14-12-19-18(9-7-8-10-18)13-20(14)15-11-16(21-6-2)17(15,3)4/h14-16,19H,5-13H2,1-4H3. The average Bonchev–Trinajstić information content (AvgIpc) is 2.91. The van der Waals surface area contributed by atoms with Crippen LogP contribution >= 0.6 is 0 Å². The van der Waals surface area contributed by atoms with Gasteiger partial charge in [-0.2, -0.15) is 0 Å². The number of hydrogen-bond acceptors (Lipinski definition) is 3. The van der Waals surface area contributed by atoms with E-state index in [0.29, 0.717) is 29.1 Å². The molecule has 3 aliphatic rings. The second-order valence-corrected chi connectivity index (χ2v) is 8.12. The zero-order valence-corrected chi connectivity index (χ0v) is 14.5. The summed E-state index contributed by atoms with van der Waals surface area (Å²) < 4.78 is 5.96. The van der Waals surface area contributed by atoms with Gasteiger partial charge in [0.15, 0.2) is 0 Å². The topological polar surface area (TPSA) is 24.5 Å². The van der Waals surface area contributed by atoms with Crippen LogP contribution in [0, 0.1) is 5.41 Å². The van der Waals surface area contributed by atoms with Crippen molar-refractivity contribution in [1.29, 1.82) is 0 Å². The van der Waals surface area contributed by atoms with E-state index in [2.05, 4.69) is 37.9 Å². The molecule has 3 nitrogen and oxygen atoms in total. The van der Waals surface area contributed by atoms with Crippen molar-refractivity contribution in [2.24, 2.45) is 5.41 Å². The van der Waals surface area contributed by atoms with Crippen LogP contribution in [0.15, 0.2) is 0 Å². The molecule has 0 aromatic rings. The first-order chi connectivity index (χ1) is 10.0. The highest BCUT2D eigenvalue weighted by atomic mass is 16.5. The zero-order chi connectivity index (χ0) is 15.1. The largest absolute Gasteiger partial charge is 0.378 e. The molecular formula is C18H34N2O. The Morgan fingerprint density at radius 1 is 1.19 bits per heavy atom. The van der Waals surface area contributed by atoms with E-state index in [1.54, 1.807) is 0 Å². The molecule has 1 aliphatic heterocycles. The summed E-state index contributed by atoms with van der Waals surface area (Å²) in [7, 11) is 0. The molecule has 1 heterocycles. The van der Waals surface area contributed by atoms with Crippen molar-refractivity contribution in [3.63, 3.8) is 0 Å². The predicted octanol–water partition coefficient (Wildman–Crippen LogP) is 3.19. The predicted molar refractivity (Wildman–Crippen MR) is 87.6 cm³/mol. The summed E-state index contributed by atoms with van der Waals surface area (Å²) in [6, 6.07) is 1.42. The third-order valence-corrected chi connectivity index (χ3v) is 6.59. The van der Waals surface area contributed by atoms with E-state index in [1.165, 1.54) is 51.6 Å². The Morgan fingerprint density at radius 2 is 1.90 bits per heavy atom. The Balaban J connectivity index is 1.72. The molecule has 2 aliphatic carbocycles. The lowest BCUT2D eigenvalue weighted by Crippen LogP contribution is -2.71. The Labute approximate surface area is 130 Å². The van der Waals surface area contributed by atoms with Gasteiger partial charge < -0.3 is 10.1 Å². The fourth-order valence-electron chi connectivity index (χ4n) is 5.03. The minimum atomic E-state index is 0.306. The summed E-state index contributed by atoms with van der Waals surface area (Å²) in [5.74, 6) is 0. The normalized spacial score (nSPS) is 38.6. The van der Waals surface area contributed by atoms with Crippen LogP contribution in [0.1, 0.15) is 66.2 Å². The van der Waals surface area contributed by atoms with Gasteiger partial charge in [0.1, 0.15) is 0 Å². The van der Waals surface area contributed by atoms with E-state index in [4.69, 9.17) is 4.74 Å². The van der Waals surface area contributed by atoms with Crippen molar-refractivity contribution in [2.45, 2.75) is 89.9 Å². The fraction of sp³-hybridized carbons (Fsp3) is 1.00. The quantitative estimate of drug-likeness (QED) is 0.862. The Bertz CT molecular complexity index is 362. The van der Waals surface area contributed by atoms with Crippen molar-refractivity contribution >= 4 is 0 Å². The summed E-state index contributed by atoms with van der Waals surface area (Å²) in [4.78, 5) is 2.86. The second kappa shape index (κ2) is 5.82. The van der Waals surface area contributed by atoms with Crippen molar-refractivity contribution in [1.82, 2.24) is 10.2 Å². The van der Waals surface area contributed by atoms with Crippen LogP contribution < -0.4 is 5.32 Å². The van der Waals surface area contributed by atoms with Gasteiger partial charge >= 0.3 is 0 Å². The third-order valence-electron chi connectivity index (χ3n) is 6.59. The van der Waals surface area contributed by atoms with E-state index in [1.807, 2.05) is 0 Å². The molecule has 2 saturated carbocycles. The smallest absolute Gasteiger partial charge is 0.0655 e. The van der Waals surface area contributed by atoms with Gasteiger partial charge in [-0.15, -0.1) is 0 Å². The van der Waals surface area contributed by atoms with Crippen LogP contribution in [0.2, 0.25) is 0 Å². The Hall–Kier alpha value is -0.120. The number of piperazine rings is 1. The molecule has 21 heavy (non-hydrogen) atoms. The second-order valence-electron chi connectivity index (χ2n) is 8.12. The number of ether oxygens (including phenoxy) is 1. The minimum Gasteiger partial charge on any atom is -0.378 e. The first-order valence-electron chi connectivity index (χ1n) is 9.15. The summed E-state index contributed by atoms with van der Waals surface area (Å²) in [6.45, 7) is 12.6. The van der Waals surface area contributed by atoms with E-state index in [9.17, 15) is 0 Å². The van der Waals surface area contributed by atoms with Gasteiger partial charge in [-0.25, -0.2) is 0 Å². The third kappa shape index (κ3) is 2.66. The lowest BCUT2D eigenvalue weighted by Gasteiger charge is -2.60. The van der Waals surface area contributed by atoms with Gasteiger partial charge in [0.05, 0.1) is 6.10 Å². The molecular weight excluding hydrogens is 260 g/mol. The van der Waals surface area contributed by atoms with Crippen LogP contribution in [-0.2, 0) is 4.74 Å². The maximum atomic E-state index is 5.96. The van der Waals surface area contributed by atoms with Crippen LogP contribution in [0.4, 0.5) is 0 Å². The molecule has 3 rings (SSSR count). The van der Waals surface area contributed by atoms with Crippen LogP contribution in [0.3, 0.4) is 0 Å². The van der Waals surface area contributed by atoms with Crippen molar-refractivity contribution in [3.05, 3.63) is 0 Å². The molecule has 3 atom stereocenters. The number of nitrogens with zero attached hydrogens (tertiary/aromatic N) is 1. The average molecular weight is 294 g/mol. The van der Waals surface area contributed by atoms with Crippen molar-refractivity contribution in [2.75, 3.05) is 19.7 Å². The first-order valence-corrected chi connectivity index (χ1v) is 9.15. The maximum Gasteiger partial charge on any atom is 0.0655 e. The first kappa shape index (κ1) is 15.8. The Morgan fingerprint density at radius 3 is 2.48 bits per heavy atom. The summed E-state index contributed by atoms with van der Waals surface area (Å²) >= 11 is 0. The highest BCUT2D eigenvalue weighted by Gasteiger charge is 2.55. The lowest BCUT2D eigenvalue weighted by atomic mass is 9.63. The van der Waals surface area contributed by atoms with Gasteiger partial charge in [0.2, 0.25) is 0 Å². The van der Waals surface area contributed by atoms with E-state index < -0.39 is 0 Å². The minimum absolute atomic E-state index is 0.306. The molecule has 1 N–H and O–H groups in total. The van der Waals surface area contributed by atoms with Crippen molar-refractivity contribution < 1.29 is 4.74 Å². The molecule has 1 spiro atoms. The van der Waals surface area contributed by atoms with Crippen LogP contribution in [0.25, 0.3) is 0 Å².